The highest BCUT2D eigenvalue weighted by atomic mass is 32.1. The van der Waals surface area contributed by atoms with Gasteiger partial charge in [0.05, 0.1) is 40.3 Å². The van der Waals surface area contributed by atoms with Gasteiger partial charge in [-0.25, -0.2) is 4.98 Å². The number of hydrogen-bond acceptors (Lipinski definition) is 8. The van der Waals surface area contributed by atoms with Gasteiger partial charge in [-0.1, -0.05) is 0 Å². The van der Waals surface area contributed by atoms with E-state index in [-0.39, 0.29) is 27.5 Å². The first-order valence-electron chi connectivity index (χ1n) is 6.24. The van der Waals surface area contributed by atoms with Gasteiger partial charge < -0.3 is 10.5 Å². The number of aromatic nitrogens is 1. The molecule has 0 amide bonds. The molecule has 0 aliphatic heterocycles. The molecule has 3 N–H and O–H groups in total. The number of nitro groups is 2. The summed E-state index contributed by atoms with van der Waals surface area (Å²) < 4.78 is 4.89. The van der Waals surface area contributed by atoms with E-state index < -0.39 is 21.2 Å². The van der Waals surface area contributed by atoms with Crippen molar-refractivity contribution in [1.29, 1.82) is 0 Å². The molecule has 2 rings (SSSR count). The van der Waals surface area contributed by atoms with Crippen molar-refractivity contribution in [3.8, 4) is 5.75 Å². The van der Waals surface area contributed by atoms with Gasteiger partial charge in [-0.15, -0.1) is 0 Å². The number of nitro benzene ring substituents is 2. The van der Waals surface area contributed by atoms with Gasteiger partial charge in [0.2, 0.25) is 5.75 Å². The van der Waals surface area contributed by atoms with Crippen LogP contribution < -0.4 is 15.9 Å². The highest BCUT2D eigenvalue weighted by Crippen LogP contribution is 2.39. The number of hydrogen-bond donors (Lipinski definition) is 2. The molecule has 0 aliphatic rings. The lowest BCUT2D eigenvalue weighted by atomic mass is 10.1. The van der Waals surface area contributed by atoms with E-state index in [1.54, 1.807) is 0 Å². The minimum atomic E-state index is -0.699. The maximum Gasteiger partial charge on any atom is 0.320 e. The minimum absolute atomic E-state index is 0.0227. The second-order valence-electron chi connectivity index (χ2n) is 4.33. The van der Waals surface area contributed by atoms with E-state index in [9.17, 15) is 20.2 Å². The molecule has 0 aliphatic carbocycles. The van der Waals surface area contributed by atoms with Crippen LogP contribution in [0.4, 0.5) is 11.4 Å². The third kappa shape index (κ3) is 3.33. The van der Waals surface area contributed by atoms with Crippen LogP contribution in [0.1, 0.15) is 5.69 Å². The lowest BCUT2D eigenvalue weighted by Crippen LogP contribution is -2.24. The molecule has 24 heavy (non-hydrogen) atoms. The largest absolute Gasteiger partial charge is 0.490 e. The van der Waals surface area contributed by atoms with Gasteiger partial charge in [0, 0.05) is 0 Å². The second-order valence-corrected chi connectivity index (χ2v) is 4.77. The first kappa shape index (κ1) is 17.0. The number of thiocarbonyl (C=S) groups is 1. The van der Waals surface area contributed by atoms with Crippen LogP contribution in [0.2, 0.25) is 0 Å². The van der Waals surface area contributed by atoms with Crippen molar-refractivity contribution in [2.75, 3.05) is 7.11 Å². The van der Waals surface area contributed by atoms with Gasteiger partial charge in [-0.3, -0.25) is 25.7 Å². The second kappa shape index (κ2) is 6.78. The molecule has 0 radical (unpaired) electrons. The van der Waals surface area contributed by atoms with E-state index in [1.807, 2.05) is 0 Å². The van der Waals surface area contributed by atoms with E-state index in [1.165, 1.54) is 25.5 Å². The number of fused-ring (bicyclic) bond motifs is 1. The van der Waals surface area contributed by atoms with Crippen molar-refractivity contribution in [2.45, 2.75) is 0 Å². The summed E-state index contributed by atoms with van der Waals surface area (Å²) in [6.45, 7) is 0. The van der Waals surface area contributed by atoms with Crippen molar-refractivity contribution in [2.24, 2.45) is 10.8 Å². The van der Waals surface area contributed by atoms with Crippen molar-refractivity contribution in [3.63, 3.8) is 0 Å². The molecule has 11 nitrogen and oxygen atoms in total. The number of rotatable bonds is 5. The zero-order chi connectivity index (χ0) is 17.9. The molecule has 1 heterocycles. The van der Waals surface area contributed by atoms with Crippen LogP contribution in [0.5, 0.6) is 5.75 Å². The summed E-state index contributed by atoms with van der Waals surface area (Å²) in [6, 6.07) is 3.70. The number of pyridine rings is 1. The van der Waals surface area contributed by atoms with Gasteiger partial charge >= 0.3 is 5.69 Å². The fraction of sp³-hybridized carbons (Fsp3) is 0.0833. The summed E-state index contributed by atoms with van der Waals surface area (Å²) >= 11 is 4.57. The predicted octanol–water partition coefficient (Wildman–Crippen LogP) is 1.23. The van der Waals surface area contributed by atoms with Crippen LogP contribution in [0.15, 0.2) is 23.3 Å². The zero-order valence-corrected chi connectivity index (χ0v) is 12.9. The number of hydrazone groups is 1. The first-order chi connectivity index (χ1) is 11.3. The number of nitrogens with zero attached hydrogens (tertiary/aromatic N) is 4. The van der Waals surface area contributed by atoms with Gasteiger partial charge in [0.1, 0.15) is 0 Å². The van der Waals surface area contributed by atoms with Crippen LogP contribution in [-0.2, 0) is 0 Å². The van der Waals surface area contributed by atoms with Crippen molar-refractivity contribution < 1.29 is 14.6 Å². The maximum atomic E-state index is 11.3. The average Bonchev–Trinajstić information content (AvgIpc) is 2.52. The fourth-order valence-electron chi connectivity index (χ4n) is 1.97. The van der Waals surface area contributed by atoms with E-state index in [0.717, 1.165) is 6.07 Å². The predicted molar refractivity (Wildman–Crippen MR) is 89.1 cm³/mol. The Kier molecular flexibility index (Phi) is 4.79. The number of nitrogens with one attached hydrogen (secondary N) is 1. The third-order valence-electron chi connectivity index (χ3n) is 2.89. The van der Waals surface area contributed by atoms with Gasteiger partial charge in [-0.05, 0) is 24.4 Å². The standard InChI is InChI=1S/C12H10N6O5S/c1-23-9-4-8(17(19)20)10-7(11(9)18(21)22)3-2-6(15-10)5-14-16-12(13)24/h2-5H,1H3,(H3,13,16,24)/b14-5+. The topological polar surface area (TPSA) is 159 Å². The summed E-state index contributed by atoms with van der Waals surface area (Å²) in [6.07, 6.45) is 1.22. The van der Waals surface area contributed by atoms with E-state index in [2.05, 4.69) is 27.7 Å². The molecule has 0 bridgehead atoms. The van der Waals surface area contributed by atoms with Crippen molar-refractivity contribution in [1.82, 2.24) is 10.4 Å². The summed E-state index contributed by atoms with van der Waals surface area (Å²) in [5, 5.41) is 26.1. The Morgan fingerprint density at radius 1 is 1.42 bits per heavy atom. The molecule has 0 unspecified atom stereocenters. The molecular weight excluding hydrogens is 340 g/mol. The molecule has 0 fully saturated rings. The Labute approximate surface area is 139 Å². The number of non-ortho nitro benzene ring substituents is 1. The summed E-state index contributed by atoms with van der Waals surface area (Å²) in [4.78, 5) is 25.2. The number of nitrogens with two attached hydrogens (primary N) is 1. The Hall–Kier alpha value is -3.41. The zero-order valence-electron chi connectivity index (χ0n) is 12.1. The smallest absolute Gasteiger partial charge is 0.320 e. The molecule has 0 saturated heterocycles. The Morgan fingerprint density at radius 3 is 2.67 bits per heavy atom. The highest BCUT2D eigenvalue weighted by molar-refractivity contribution is 7.80. The van der Waals surface area contributed by atoms with Gasteiger partial charge in [0.15, 0.2) is 10.6 Å². The molecule has 1 aromatic carbocycles. The van der Waals surface area contributed by atoms with Crippen molar-refractivity contribution >= 4 is 45.8 Å². The average molecular weight is 350 g/mol. The Bertz CT molecular complexity index is 884. The fourth-order valence-corrected chi connectivity index (χ4v) is 2.02. The molecular formula is C12H10N6O5S. The molecule has 1 aromatic heterocycles. The normalized spacial score (nSPS) is 10.7. The van der Waals surface area contributed by atoms with Gasteiger partial charge in [-0.2, -0.15) is 5.10 Å². The Morgan fingerprint density at radius 2 is 2.12 bits per heavy atom. The molecule has 0 spiro atoms. The molecule has 0 atom stereocenters. The Balaban J connectivity index is 2.71. The number of methoxy groups -OCH3 is 1. The van der Waals surface area contributed by atoms with Crippen molar-refractivity contribution in [3.05, 3.63) is 44.1 Å². The monoisotopic (exact) mass is 350 g/mol. The number of benzene rings is 1. The quantitative estimate of drug-likeness (QED) is 0.350. The summed E-state index contributed by atoms with van der Waals surface area (Å²) in [5.74, 6) is -0.224. The van der Waals surface area contributed by atoms with E-state index in [0.29, 0.717) is 0 Å². The number of ether oxygens (including phenoxy) is 1. The summed E-state index contributed by atoms with van der Waals surface area (Å²) in [7, 11) is 1.19. The van der Waals surface area contributed by atoms with Crippen LogP contribution in [0.25, 0.3) is 10.9 Å². The molecule has 2 aromatic rings. The minimum Gasteiger partial charge on any atom is -0.490 e. The lowest BCUT2D eigenvalue weighted by molar-refractivity contribution is -0.387. The molecule has 0 saturated carbocycles. The van der Waals surface area contributed by atoms with Crippen LogP contribution in [0, 0.1) is 20.2 Å². The van der Waals surface area contributed by atoms with Crippen LogP contribution in [-0.4, -0.2) is 33.3 Å². The van der Waals surface area contributed by atoms with Gasteiger partial charge in [0.25, 0.3) is 5.69 Å². The summed E-state index contributed by atoms with van der Waals surface area (Å²) in [5.41, 5.74) is 6.73. The van der Waals surface area contributed by atoms with Crippen LogP contribution >= 0.6 is 12.2 Å². The molecule has 12 heteroatoms. The van der Waals surface area contributed by atoms with Crippen LogP contribution in [0.3, 0.4) is 0 Å². The SMILES string of the molecule is COc1cc([N+](=O)[O-])c2nc(/C=N/NC(N)=S)ccc2c1[N+](=O)[O-]. The highest BCUT2D eigenvalue weighted by Gasteiger charge is 2.27. The first-order valence-corrected chi connectivity index (χ1v) is 6.65. The van der Waals surface area contributed by atoms with E-state index >= 15 is 0 Å². The van der Waals surface area contributed by atoms with E-state index in [4.69, 9.17) is 10.5 Å². The lowest BCUT2D eigenvalue weighted by Gasteiger charge is -2.06. The molecule has 124 valence electrons. The maximum absolute atomic E-state index is 11.3. The third-order valence-corrected chi connectivity index (χ3v) is 2.98.